The van der Waals surface area contributed by atoms with Gasteiger partial charge >= 0.3 is 0 Å². The van der Waals surface area contributed by atoms with E-state index in [-0.39, 0.29) is 0 Å². The Bertz CT molecular complexity index is 5620. The van der Waals surface area contributed by atoms with Crippen LogP contribution in [0, 0.1) is 35.5 Å². The van der Waals surface area contributed by atoms with E-state index in [9.17, 15) is 0 Å². The largest absolute Gasteiger partial charge is 0.144 e. The highest BCUT2D eigenvalue weighted by atomic mass is 32.1. The molecule has 0 bridgehead atoms. The van der Waals surface area contributed by atoms with Gasteiger partial charge in [-0.25, -0.2) is 0 Å². The minimum Gasteiger partial charge on any atom is -0.144 e. The second kappa shape index (κ2) is 22.2. The summed E-state index contributed by atoms with van der Waals surface area (Å²) in [5.74, 6) is 21.8. The van der Waals surface area contributed by atoms with E-state index in [1.807, 2.05) is 68.0 Å². The smallest absolute Gasteiger partial charge is 0.0920 e. The molecule has 6 aromatic heterocycles. The molecule has 0 unspecified atom stereocenters. The molecule has 0 saturated carbocycles. The summed E-state index contributed by atoms with van der Waals surface area (Å²) in [6.45, 7) is 16.3. The van der Waals surface area contributed by atoms with Crippen LogP contribution in [-0.2, 0) is 0 Å². The van der Waals surface area contributed by atoms with Gasteiger partial charge in [0.05, 0.1) is 38.9 Å². The van der Waals surface area contributed by atoms with Crippen molar-refractivity contribution < 1.29 is 0 Å². The highest BCUT2D eigenvalue weighted by Gasteiger charge is 2.56. The van der Waals surface area contributed by atoms with Crippen LogP contribution in [0.15, 0.2) is 237 Å². The van der Waals surface area contributed by atoms with Crippen molar-refractivity contribution in [2.45, 2.75) is 44.1 Å². The molecular formula is C85H58S6Si3. The maximum absolute atomic E-state index is 3.64. The first-order valence-corrected chi connectivity index (χ1v) is 46.1. The molecule has 18 aromatic rings. The lowest BCUT2D eigenvalue weighted by atomic mass is 9.92. The fourth-order valence-electron chi connectivity index (χ4n) is 16.1. The number of benzene rings is 12. The number of rotatable bonds is 9. The molecule has 0 aliphatic heterocycles. The van der Waals surface area contributed by atoms with Gasteiger partial charge in [-0.15, -0.1) is 68.0 Å². The monoisotopic (exact) mass is 1350 g/mol. The average Bonchev–Trinajstić information content (AvgIpc) is 1.40. The SMILES string of the molecule is C[Si](C)(c1ccc(-c2ccc(C#Cc3ccc4ccc5cccc6ccc3c4c56)s2)s1)C([Si](C)(C)c1ccc(-c2ccc(C#Cc3ccc4ccc5cccc6ccc3c4c56)s2)s1)[Si](C)(C)c1ccc(-c2ccc(C#Cc3ccc4ccc5cccc6ccc3c4c56)s2)s1. The Morgan fingerprint density at radius 1 is 0.223 bits per heavy atom. The van der Waals surface area contributed by atoms with Crippen molar-refractivity contribution in [2.24, 2.45) is 0 Å². The van der Waals surface area contributed by atoms with Crippen molar-refractivity contribution in [3.05, 3.63) is 268 Å². The van der Waals surface area contributed by atoms with Crippen LogP contribution >= 0.6 is 68.0 Å². The molecule has 94 heavy (non-hydrogen) atoms. The summed E-state index contributed by atoms with van der Waals surface area (Å²) in [6, 6.07) is 88.7. The third-order valence-electron chi connectivity index (χ3n) is 20.0. The van der Waals surface area contributed by atoms with Gasteiger partial charge in [-0.3, -0.25) is 0 Å². The minimum atomic E-state index is -2.27. The molecule has 0 N–H and O–H groups in total. The standard InChI is InChI=1S/C85H58S6Si3/c1-92(2,76-49-46-73(89-76)70-43-37-64(86-70)34-28-52-16-19-61-25-22-55-10-7-13-58-31-40-67(52)82(61)79(55)58)85(93(3,4)77-50-47-74(90-77)71-44-38-65(87-71)35-29-53-17-20-62-26-23-56-11-8-14-59-32-41-68(53)83(62)80(56)59)94(5,6)78-51-48-75(91-78)72-45-39-66(88-72)36-30-54-18-21-63-27-24-57-12-9-15-60-33-42-69(54)84(63)81(57)60/h7-27,31-33,37-51,85H,1-6H3. The predicted molar refractivity (Wildman–Crippen MR) is 426 cm³/mol. The van der Waals surface area contributed by atoms with Gasteiger partial charge in [0.15, 0.2) is 0 Å². The Morgan fingerprint density at radius 2 is 0.457 bits per heavy atom. The van der Waals surface area contributed by atoms with Crippen molar-refractivity contribution in [2.75, 3.05) is 0 Å². The molecule has 0 amide bonds. The third-order valence-corrected chi connectivity index (χ3v) is 53.6. The van der Waals surface area contributed by atoms with Crippen LogP contribution in [0.1, 0.15) is 31.3 Å². The fourth-order valence-corrected chi connectivity index (χ4v) is 55.2. The quantitative estimate of drug-likeness (QED) is 0.0768. The minimum absolute atomic E-state index is 0.567. The fraction of sp³-hybridized carbons (Fsp3) is 0.0824. The molecule has 0 fully saturated rings. The maximum atomic E-state index is 3.64. The van der Waals surface area contributed by atoms with E-state index in [1.165, 1.54) is 126 Å². The number of thiophene rings is 6. The van der Waals surface area contributed by atoms with Crippen molar-refractivity contribution >= 4 is 203 Å². The summed E-state index contributed by atoms with van der Waals surface area (Å²) in [5, 5.41) is 23.1. The van der Waals surface area contributed by atoms with Gasteiger partial charge in [0.1, 0.15) is 0 Å². The molecule has 6 heterocycles. The summed E-state index contributed by atoms with van der Waals surface area (Å²) in [7, 11) is -6.80. The van der Waals surface area contributed by atoms with E-state index < -0.39 is 24.2 Å². The van der Waals surface area contributed by atoms with E-state index in [0.29, 0.717) is 4.79 Å². The van der Waals surface area contributed by atoms with E-state index in [2.05, 4.69) is 311 Å². The lowest BCUT2D eigenvalue weighted by Crippen LogP contribution is -2.69. The molecule has 0 aliphatic rings. The van der Waals surface area contributed by atoms with E-state index in [4.69, 9.17) is 0 Å². The Balaban J connectivity index is 0.666. The van der Waals surface area contributed by atoms with Crippen molar-refractivity contribution in [1.29, 1.82) is 0 Å². The van der Waals surface area contributed by atoms with E-state index in [1.54, 1.807) is 13.5 Å². The first kappa shape index (κ1) is 57.9. The zero-order valence-corrected chi connectivity index (χ0v) is 60.4. The highest BCUT2D eigenvalue weighted by molar-refractivity contribution is 7.41. The van der Waals surface area contributed by atoms with Gasteiger partial charge < -0.3 is 0 Å². The number of hydrogen-bond acceptors (Lipinski definition) is 6. The van der Waals surface area contributed by atoms with Crippen LogP contribution < -0.4 is 13.5 Å². The van der Waals surface area contributed by atoms with Gasteiger partial charge in [0.25, 0.3) is 0 Å². The summed E-state index contributed by atoms with van der Waals surface area (Å²) in [6.07, 6.45) is 0. The van der Waals surface area contributed by atoms with Crippen LogP contribution in [0.5, 0.6) is 0 Å². The first-order chi connectivity index (χ1) is 45.8. The van der Waals surface area contributed by atoms with Crippen LogP contribution in [0.4, 0.5) is 0 Å². The molecular weight excluding hydrogens is 1300 g/mol. The number of hydrogen-bond donors (Lipinski definition) is 0. The molecule has 9 heteroatoms. The Hall–Kier alpha value is -8.71. The van der Waals surface area contributed by atoms with Crippen molar-refractivity contribution in [3.8, 4) is 64.8 Å². The molecule has 0 nitrogen and oxygen atoms in total. The van der Waals surface area contributed by atoms with Gasteiger partial charge in [-0.05, 0) is 188 Å². The molecule has 12 aromatic carbocycles. The molecule has 0 atom stereocenters. The summed E-state index contributed by atoms with van der Waals surface area (Å²) >= 11 is 11.6. The topological polar surface area (TPSA) is 0 Å². The molecule has 446 valence electrons. The van der Waals surface area contributed by atoms with Crippen LogP contribution in [0.3, 0.4) is 0 Å². The van der Waals surface area contributed by atoms with Gasteiger partial charge in [0, 0.05) is 46.0 Å². The second-order valence-electron chi connectivity index (χ2n) is 26.7. The Morgan fingerprint density at radius 3 is 0.745 bits per heavy atom. The van der Waals surface area contributed by atoms with Crippen molar-refractivity contribution in [3.63, 3.8) is 0 Å². The van der Waals surface area contributed by atoms with Crippen LogP contribution in [0.25, 0.3) is 126 Å². The van der Waals surface area contributed by atoms with Crippen LogP contribution in [-0.4, -0.2) is 24.2 Å². The molecule has 0 spiro atoms. The Kier molecular flexibility index (Phi) is 13.7. The van der Waals surface area contributed by atoms with Gasteiger partial charge in [-0.2, -0.15) is 0 Å². The van der Waals surface area contributed by atoms with Gasteiger partial charge in [-0.1, -0.05) is 239 Å². The zero-order chi connectivity index (χ0) is 63.2. The Labute approximate surface area is 574 Å². The molecule has 18 rings (SSSR count). The first-order valence-electron chi connectivity index (χ1n) is 32.0. The lowest BCUT2D eigenvalue weighted by Gasteiger charge is -2.49. The average molecular weight is 1360 g/mol. The molecule has 0 radical (unpaired) electrons. The molecule has 0 aliphatic carbocycles. The van der Waals surface area contributed by atoms with Crippen LogP contribution in [0.2, 0.25) is 44.1 Å². The van der Waals surface area contributed by atoms with E-state index >= 15 is 0 Å². The lowest BCUT2D eigenvalue weighted by molar-refractivity contribution is 1.41. The summed E-state index contributed by atoms with van der Waals surface area (Å²) < 4.78 is 4.78. The third kappa shape index (κ3) is 9.53. The summed E-state index contributed by atoms with van der Waals surface area (Å²) in [4.78, 5) is 11.8. The predicted octanol–water partition coefficient (Wildman–Crippen LogP) is 23.5. The molecule has 0 saturated heterocycles. The van der Waals surface area contributed by atoms with E-state index in [0.717, 1.165) is 31.3 Å². The maximum Gasteiger partial charge on any atom is 0.0920 e. The summed E-state index contributed by atoms with van der Waals surface area (Å²) in [5.41, 5.74) is 3.24. The second-order valence-corrected chi connectivity index (χ2v) is 49.7. The normalized spacial score (nSPS) is 12.4. The van der Waals surface area contributed by atoms with Crippen molar-refractivity contribution in [1.82, 2.24) is 0 Å². The van der Waals surface area contributed by atoms with Gasteiger partial charge in [0.2, 0.25) is 0 Å². The highest BCUT2D eigenvalue weighted by Crippen LogP contribution is 2.47. The zero-order valence-electron chi connectivity index (χ0n) is 52.5.